The van der Waals surface area contributed by atoms with E-state index in [0.29, 0.717) is 0 Å². The molecule has 0 unspecified atom stereocenters. The summed E-state index contributed by atoms with van der Waals surface area (Å²) in [4.78, 5) is 0. The quantitative estimate of drug-likeness (QED) is 0.633. The molecule has 1 heteroatoms. The van der Waals surface area contributed by atoms with E-state index in [1.165, 1.54) is 0 Å². The standard InChI is InChI=1S/2C6H6.Mo/c2*1-2-4-6-5-3-1;/h2*1-6H;/i;;1+3. The Hall–Kier alpha value is -0.872. The topological polar surface area (TPSA) is 0 Å². The molecule has 0 nitrogen and oxygen atoms in total. The molecule has 0 amide bonds. The zero-order valence-corrected chi connectivity index (χ0v) is 9.34. The molecule has 0 spiro atoms. The van der Waals surface area contributed by atoms with Gasteiger partial charge in [-0.2, -0.15) is 0 Å². The minimum Gasteiger partial charge on any atom is -0.0623 e. The molecule has 0 heterocycles. The van der Waals surface area contributed by atoms with Gasteiger partial charge in [-0.05, 0) is 0 Å². The predicted octanol–water partition coefficient (Wildman–Crippen LogP) is 3.37. The van der Waals surface area contributed by atoms with Crippen molar-refractivity contribution >= 4 is 0 Å². The molecule has 0 fully saturated rings. The van der Waals surface area contributed by atoms with E-state index < -0.39 is 0 Å². The van der Waals surface area contributed by atoms with Crippen molar-refractivity contribution in [2.75, 3.05) is 0 Å². The zero-order valence-electron chi connectivity index (χ0n) is 7.34. The largest absolute Gasteiger partial charge is 0.0623 e. The smallest absolute Gasteiger partial charge is 0 e. The Balaban J connectivity index is 0.000000206. The average molecular weight is 255 g/mol. The van der Waals surface area contributed by atoms with E-state index in [2.05, 4.69) is 0 Å². The van der Waals surface area contributed by atoms with Gasteiger partial charge in [0.15, 0.2) is 0 Å². The Morgan fingerprint density at radius 3 is 0.385 bits per heavy atom. The molecule has 0 atom stereocenters. The van der Waals surface area contributed by atoms with E-state index in [4.69, 9.17) is 0 Å². The second-order valence-corrected chi connectivity index (χ2v) is 2.31. The summed E-state index contributed by atoms with van der Waals surface area (Å²) in [7, 11) is 0. The van der Waals surface area contributed by atoms with E-state index in [1.54, 1.807) is 0 Å². The molecule has 0 aromatic heterocycles. The third-order valence-corrected chi connectivity index (χ3v) is 1.33. The van der Waals surface area contributed by atoms with Crippen LogP contribution in [0.5, 0.6) is 0 Å². The third-order valence-electron chi connectivity index (χ3n) is 1.33. The van der Waals surface area contributed by atoms with Crippen molar-refractivity contribution in [3.63, 3.8) is 0 Å². The van der Waals surface area contributed by atoms with Crippen LogP contribution < -0.4 is 0 Å². The summed E-state index contributed by atoms with van der Waals surface area (Å²) in [6, 6.07) is 24.0. The van der Waals surface area contributed by atoms with E-state index in [9.17, 15) is 0 Å². The van der Waals surface area contributed by atoms with Gasteiger partial charge < -0.3 is 0 Å². The van der Waals surface area contributed by atoms with Gasteiger partial charge in [0.25, 0.3) is 0 Å². The van der Waals surface area contributed by atoms with Gasteiger partial charge in [-0.15, -0.1) is 0 Å². The van der Waals surface area contributed by atoms with E-state index in [0.717, 1.165) is 0 Å². The fourth-order valence-corrected chi connectivity index (χ4v) is 0.770. The molecule has 0 N–H and O–H groups in total. The van der Waals surface area contributed by atoms with Gasteiger partial charge in [-0.25, -0.2) is 0 Å². The van der Waals surface area contributed by atoms with Crippen LogP contribution in [-0.4, -0.2) is 0 Å². The van der Waals surface area contributed by atoms with Crippen LogP contribution in [0.1, 0.15) is 0 Å². The van der Waals surface area contributed by atoms with E-state index in [-0.39, 0.29) is 21.1 Å². The van der Waals surface area contributed by atoms with E-state index in [1.807, 2.05) is 72.8 Å². The normalized spacial score (nSPS) is 7.38. The first-order chi connectivity index (χ1) is 6.00. The van der Waals surface area contributed by atoms with Crippen molar-refractivity contribution in [2.45, 2.75) is 0 Å². The van der Waals surface area contributed by atoms with Gasteiger partial charge >= 0.3 is 0 Å². The summed E-state index contributed by atoms with van der Waals surface area (Å²) in [5.74, 6) is 0. The van der Waals surface area contributed by atoms with Gasteiger partial charge in [-0.1, -0.05) is 72.8 Å². The Morgan fingerprint density at radius 2 is 0.308 bits per heavy atom. The van der Waals surface area contributed by atoms with Gasteiger partial charge in [-0.3, -0.25) is 0 Å². The maximum absolute atomic E-state index is 2.00. The maximum Gasteiger partial charge on any atom is 0 e. The van der Waals surface area contributed by atoms with Gasteiger partial charge in [0.2, 0.25) is 0 Å². The Bertz CT molecular complexity index is 181. The van der Waals surface area contributed by atoms with E-state index >= 15 is 0 Å². The third kappa shape index (κ3) is 7.49. The van der Waals surface area contributed by atoms with Gasteiger partial charge in [0, 0.05) is 21.1 Å². The molecule has 0 saturated heterocycles. The summed E-state index contributed by atoms with van der Waals surface area (Å²) < 4.78 is 0. The minimum absolute atomic E-state index is 0. The molecule has 0 saturated carbocycles. The molecule has 13 heavy (non-hydrogen) atoms. The summed E-state index contributed by atoms with van der Waals surface area (Å²) >= 11 is 0. The predicted molar refractivity (Wildman–Crippen MR) is 52.9 cm³/mol. The molecular formula is C12H12Mo. The van der Waals surface area contributed by atoms with Crippen LogP contribution in [0.3, 0.4) is 0 Å². The minimum atomic E-state index is 0. The summed E-state index contributed by atoms with van der Waals surface area (Å²) in [6.07, 6.45) is 0. The van der Waals surface area contributed by atoms with Crippen molar-refractivity contribution in [1.29, 1.82) is 0 Å². The van der Waals surface area contributed by atoms with Crippen LogP contribution in [0.4, 0.5) is 0 Å². The number of rotatable bonds is 0. The Morgan fingerprint density at radius 1 is 0.231 bits per heavy atom. The number of benzene rings is 2. The summed E-state index contributed by atoms with van der Waals surface area (Å²) in [5.41, 5.74) is 0. The second kappa shape index (κ2) is 9.22. The van der Waals surface area contributed by atoms with Crippen LogP contribution in [0.25, 0.3) is 0 Å². The molecule has 2 aromatic rings. The first kappa shape index (κ1) is 12.1. The average Bonchev–Trinajstić information content (AvgIpc) is 2.24. The van der Waals surface area contributed by atoms with Crippen molar-refractivity contribution in [3.8, 4) is 0 Å². The van der Waals surface area contributed by atoms with Crippen molar-refractivity contribution in [3.05, 3.63) is 72.8 Å². The van der Waals surface area contributed by atoms with Crippen molar-refractivity contribution < 1.29 is 21.1 Å². The first-order valence-corrected chi connectivity index (χ1v) is 4.00. The molecule has 0 aliphatic heterocycles. The van der Waals surface area contributed by atoms with Crippen LogP contribution in [-0.2, 0) is 21.1 Å². The molecule has 0 aliphatic rings. The molecule has 0 aliphatic carbocycles. The SMILES string of the molecule is [99Mo].c1ccccc1.c1ccccc1. The van der Waals surface area contributed by atoms with Crippen molar-refractivity contribution in [1.82, 2.24) is 0 Å². The summed E-state index contributed by atoms with van der Waals surface area (Å²) in [5, 5.41) is 0. The molecule has 0 radical (unpaired) electrons. The maximum atomic E-state index is 2.00. The number of hydrogen-bond acceptors (Lipinski definition) is 0. The van der Waals surface area contributed by atoms with Crippen LogP contribution in [0.2, 0.25) is 0 Å². The Labute approximate surface area is 93.9 Å². The summed E-state index contributed by atoms with van der Waals surface area (Å²) in [6.45, 7) is 0. The van der Waals surface area contributed by atoms with Crippen LogP contribution in [0, 0.1) is 0 Å². The number of hydrogen-bond donors (Lipinski definition) is 0. The van der Waals surface area contributed by atoms with Gasteiger partial charge in [0.05, 0.1) is 0 Å². The Kier molecular flexibility index (Phi) is 8.60. The van der Waals surface area contributed by atoms with Crippen molar-refractivity contribution in [2.24, 2.45) is 0 Å². The molecule has 0 bridgehead atoms. The molecular weight excluding hydrogens is 243 g/mol. The zero-order chi connectivity index (χ0) is 8.49. The molecule has 2 aromatic carbocycles. The van der Waals surface area contributed by atoms with Crippen LogP contribution in [0.15, 0.2) is 72.8 Å². The molecule has 2 rings (SSSR count). The fourth-order valence-electron chi connectivity index (χ4n) is 0.770. The van der Waals surface area contributed by atoms with Crippen LogP contribution >= 0.6 is 0 Å². The molecule has 66 valence electrons. The van der Waals surface area contributed by atoms with Gasteiger partial charge in [0.1, 0.15) is 0 Å². The first-order valence-electron chi connectivity index (χ1n) is 4.00. The fraction of sp³-hybridized carbons (Fsp3) is 0. The monoisotopic (exact) mass is 255 g/mol. The second-order valence-electron chi connectivity index (χ2n) is 2.31.